The van der Waals surface area contributed by atoms with Crippen molar-refractivity contribution in [3.63, 3.8) is 0 Å². The lowest BCUT2D eigenvalue weighted by Gasteiger charge is -2.49. The molecule has 26 heavy (non-hydrogen) atoms. The highest BCUT2D eigenvalue weighted by atomic mass is 127. The molecule has 0 bridgehead atoms. The van der Waals surface area contributed by atoms with Crippen LogP contribution in [0, 0.1) is 5.41 Å². The molecular weight excluding hydrogens is 445 g/mol. The van der Waals surface area contributed by atoms with Crippen LogP contribution in [0.2, 0.25) is 0 Å². The van der Waals surface area contributed by atoms with Crippen LogP contribution in [-0.2, 0) is 4.74 Å². The summed E-state index contributed by atoms with van der Waals surface area (Å²) < 4.78 is 16.5. The number of methoxy groups -OCH3 is 2. The normalized spacial score (nSPS) is 21.3. The zero-order valence-corrected chi connectivity index (χ0v) is 18.7. The molecule has 0 aromatic heterocycles. The number of aliphatic imine (C=N–C) groups is 1. The average Bonchev–Trinajstić information content (AvgIpc) is 2.60. The van der Waals surface area contributed by atoms with Crippen molar-refractivity contribution in [3.8, 4) is 11.5 Å². The number of hydrogen-bond donors (Lipinski definition) is 2. The van der Waals surface area contributed by atoms with Gasteiger partial charge >= 0.3 is 0 Å². The number of nitrogens with two attached hydrogens (primary N) is 1. The van der Waals surface area contributed by atoms with Crippen LogP contribution in [0.15, 0.2) is 23.2 Å². The molecule has 1 aromatic carbocycles. The molecular formula is C19H32IN3O3. The molecule has 1 fully saturated rings. The van der Waals surface area contributed by atoms with E-state index < -0.39 is 0 Å². The van der Waals surface area contributed by atoms with Crippen molar-refractivity contribution in [1.82, 2.24) is 0 Å². The Morgan fingerprint density at radius 3 is 2.54 bits per heavy atom. The summed E-state index contributed by atoms with van der Waals surface area (Å²) in [6.07, 6.45) is 3.41. The van der Waals surface area contributed by atoms with Gasteiger partial charge in [-0.25, -0.2) is 4.99 Å². The maximum atomic E-state index is 6.09. The summed E-state index contributed by atoms with van der Waals surface area (Å²) in [7, 11) is 3.22. The number of rotatable bonds is 8. The molecule has 1 aliphatic rings. The molecule has 0 aliphatic heterocycles. The third-order valence-electron chi connectivity index (χ3n) is 4.89. The summed E-state index contributed by atoms with van der Waals surface area (Å²) in [5.74, 6) is 1.72. The van der Waals surface area contributed by atoms with Gasteiger partial charge in [-0.2, -0.15) is 0 Å². The standard InChI is InChI=1S/C19H31N3O3.HI/c1-6-7-10-25-17-12-16(19(17,2)3)22-18(20)21-13-8-9-14(23-4)15(11-13)24-5;/h8-9,11,16-17H,6-7,10,12H2,1-5H3,(H3,20,21,22);1H. The van der Waals surface area contributed by atoms with Crippen LogP contribution in [0.4, 0.5) is 5.69 Å². The SMILES string of the molecule is CCCCOC1CC(N=C(N)Nc2ccc(OC)c(OC)c2)C1(C)C.I. The summed E-state index contributed by atoms with van der Waals surface area (Å²) >= 11 is 0. The van der Waals surface area contributed by atoms with Crippen LogP contribution in [0.1, 0.15) is 40.0 Å². The number of halogens is 1. The van der Waals surface area contributed by atoms with E-state index in [0.717, 1.165) is 31.6 Å². The first-order valence-corrected chi connectivity index (χ1v) is 8.86. The molecule has 0 radical (unpaired) electrons. The molecule has 0 saturated heterocycles. The molecule has 148 valence electrons. The second-order valence-electron chi connectivity index (χ2n) is 6.99. The molecule has 3 N–H and O–H groups in total. The molecule has 2 rings (SSSR count). The Balaban J connectivity index is 0.00000338. The van der Waals surface area contributed by atoms with Crippen molar-refractivity contribution in [2.24, 2.45) is 16.1 Å². The maximum absolute atomic E-state index is 6.09. The van der Waals surface area contributed by atoms with Crippen LogP contribution in [0.5, 0.6) is 11.5 Å². The second-order valence-corrected chi connectivity index (χ2v) is 6.99. The minimum absolute atomic E-state index is 0. The Morgan fingerprint density at radius 2 is 1.96 bits per heavy atom. The number of hydrogen-bond acceptors (Lipinski definition) is 4. The van der Waals surface area contributed by atoms with Crippen molar-refractivity contribution >= 4 is 35.6 Å². The maximum Gasteiger partial charge on any atom is 0.193 e. The van der Waals surface area contributed by atoms with E-state index in [4.69, 9.17) is 19.9 Å². The van der Waals surface area contributed by atoms with E-state index in [0.29, 0.717) is 17.5 Å². The molecule has 1 saturated carbocycles. The fraction of sp³-hybridized carbons (Fsp3) is 0.632. The summed E-state index contributed by atoms with van der Waals surface area (Å²) in [6, 6.07) is 5.71. The number of nitrogens with zero attached hydrogens (tertiary/aromatic N) is 1. The average molecular weight is 477 g/mol. The summed E-state index contributed by atoms with van der Waals surface area (Å²) in [5.41, 5.74) is 6.90. The lowest BCUT2D eigenvalue weighted by atomic mass is 9.65. The number of nitrogens with one attached hydrogen (secondary N) is 1. The van der Waals surface area contributed by atoms with Crippen LogP contribution >= 0.6 is 24.0 Å². The first kappa shape index (κ1) is 22.8. The Hall–Kier alpha value is -1.22. The van der Waals surface area contributed by atoms with Crippen LogP contribution in [0.3, 0.4) is 0 Å². The number of unbranched alkanes of at least 4 members (excludes halogenated alkanes) is 1. The first-order valence-electron chi connectivity index (χ1n) is 8.86. The number of guanidine groups is 1. The van der Waals surface area contributed by atoms with Crippen LogP contribution in [-0.4, -0.2) is 38.9 Å². The van der Waals surface area contributed by atoms with E-state index in [1.54, 1.807) is 14.2 Å². The van der Waals surface area contributed by atoms with Gasteiger partial charge in [0.15, 0.2) is 17.5 Å². The topological polar surface area (TPSA) is 78.1 Å². The molecule has 2 unspecified atom stereocenters. The molecule has 2 atom stereocenters. The van der Waals surface area contributed by atoms with Crippen molar-refractivity contribution in [2.75, 3.05) is 26.1 Å². The van der Waals surface area contributed by atoms with Crippen molar-refractivity contribution in [3.05, 3.63) is 18.2 Å². The van der Waals surface area contributed by atoms with Crippen LogP contribution in [0.25, 0.3) is 0 Å². The van der Waals surface area contributed by atoms with Gasteiger partial charge in [0, 0.05) is 23.8 Å². The fourth-order valence-electron chi connectivity index (χ4n) is 3.00. The highest BCUT2D eigenvalue weighted by Gasteiger charge is 2.49. The smallest absolute Gasteiger partial charge is 0.193 e. The van der Waals surface area contributed by atoms with Crippen molar-refractivity contribution < 1.29 is 14.2 Å². The summed E-state index contributed by atoms with van der Waals surface area (Å²) in [4.78, 5) is 4.64. The largest absolute Gasteiger partial charge is 0.493 e. The predicted molar refractivity (Wildman–Crippen MR) is 117 cm³/mol. The van der Waals surface area contributed by atoms with Gasteiger partial charge in [0.1, 0.15) is 0 Å². The zero-order chi connectivity index (χ0) is 18.4. The van der Waals surface area contributed by atoms with Crippen molar-refractivity contribution in [1.29, 1.82) is 0 Å². The van der Waals surface area contributed by atoms with E-state index in [1.165, 1.54) is 0 Å². The van der Waals surface area contributed by atoms with Gasteiger partial charge in [0.25, 0.3) is 0 Å². The number of anilines is 1. The van der Waals surface area contributed by atoms with E-state index in [-0.39, 0.29) is 41.5 Å². The Kier molecular flexibility index (Phi) is 8.95. The minimum Gasteiger partial charge on any atom is -0.493 e. The van der Waals surface area contributed by atoms with Crippen LogP contribution < -0.4 is 20.5 Å². The highest BCUT2D eigenvalue weighted by molar-refractivity contribution is 14.0. The summed E-state index contributed by atoms with van der Waals surface area (Å²) in [5, 5.41) is 3.12. The Labute approximate surface area is 173 Å². The van der Waals surface area contributed by atoms with Crippen molar-refractivity contribution in [2.45, 2.75) is 52.2 Å². The third kappa shape index (κ3) is 5.39. The van der Waals surface area contributed by atoms with Gasteiger partial charge in [-0.15, -0.1) is 24.0 Å². The van der Waals surface area contributed by atoms with E-state index >= 15 is 0 Å². The summed E-state index contributed by atoms with van der Waals surface area (Å²) in [6.45, 7) is 7.36. The fourth-order valence-corrected chi connectivity index (χ4v) is 3.00. The van der Waals surface area contributed by atoms with Gasteiger partial charge in [-0.1, -0.05) is 27.2 Å². The van der Waals surface area contributed by atoms with E-state index in [2.05, 4.69) is 31.1 Å². The van der Waals surface area contributed by atoms with Gasteiger partial charge in [-0.3, -0.25) is 0 Å². The Morgan fingerprint density at radius 1 is 1.27 bits per heavy atom. The van der Waals surface area contributed by atoms with E-state index in [1.807, 2.05) is 18.2 Å². The van der Waals surface area contributed by atoms with E-state index in [9.17, 15) is 0 Å². The zero-order valence-electron chi connectivity index (χ0n) is 16.4. The van der Waals surface area contributed by atoms with Gasteiger partial charge in [-0.05, 0) is 25.0 Å². The molecule has 7 heteroatoms. The molecule has 1 aromatic rings. The van der Waals surface area contributed by atoms with Gasteiger partial charge in [0.05, 0.1) is 26.4 Å². The Bertz CT molecular complexity index is 608. The molecule has 1 aliphatic carbocycles. The lowest BCUT2D eigenvalue weighted by molar-refractivity contribution is -0.107. The predicted octanol–water partition coefficient (Wildman–Crippen LogP) is 4.03. The minimum atomic E-state index is -0.00234. The number of ether oxygens (including phenoxy) is 3. The molecule has 6 nitrogen and oxygen atoms in total. The van der Waals surface area contributed by atoms with Gasteiger partial charge < -0.3 is 25.3 Å². The monoisotopic (exact) mass is 477 g/mol. The molecule has 0 heterocycles. The quantitative estimate of drug-likeness (QED) is 0.256. The first-order chi connectivity index (χ1) is 11.9. The van der Waals surface area contributed by atoms with Gasteiger partial charge in [0.2, 0.25) is 0 Å². The molecule has 0 amide bonds. The second kappa shape index (κ2) is 10.2. The number of benzene rings is 1. The molecule has 0 spiro atoms. The lowest BCUT2D eigenvalue weighted by Crippen LogP contribution is -2.54. The highest BCUT2D eigenvalue weighted by Crippen LogP contribution is 2.45. The third-order valence-corrected chi connectivity index (χ3v) is 4.89.